The van der Waals surface area contributed by atoms with Gasteiger partial charge in [-0.2, -0.15) is 10.4 Å². The van der Waals surface area contributed by atoms with E-state index in [1.807, 2.05) is 20.0 Å². The molecule has 0 amide bonds. The first-order chi connectivity index (χ1) is 10.5. The summed E-state index contributed by atoms with van der Waals surface area (Å²) in [5.74, 6) is 0. The third kappa shape index (κ3) is 2.23. The number of nitro groups is 1. The summed E-state index contributed by atoms with van der Waals surface area (Å²) in [6.07, 6.45) is 0.714. The van der Waals surface area contributed by atoms with Gasteiger partial charge in [0.2, 0.25) is 0 Å². The van der Waals surface area contributed by atoms with Gasteiger partial charge in [-0.3, -0.25) is 10.1 Å². The number of nitriles is 1. The lowest BCUT2D eigenvalue weighted by atomic mass is 10.1. The Bertz CT molecular complexity index is 803. The summed E-state index contributed by atoms with van der Waals surface area (Å²) in [7, 11) is 1.98. The van der Waals surface area contributed by atoms with Crippen molar-refractivity contribution in [1.29, 1.82) is 5.26 Å². The van der Waals surface area contributed by atoms with Gasteiger partial charge >= 0.3 is 0 Å². The van der Waals surface area contributed by atoms with E-state index in [0.717, 1.165) is 23.4 Å². The number of benzene rings is 1. The minimum absolute atomic E-state index is 0.00807. The highest BCUT2D eigenvalue weighted by Gasteiger charge is 2.27. The van der Waals surface area contributed by atoms with Gasteiger partial charge in [0, 0.05) is 31.1 Å². The van der Waals surface area contributed by atoms with Crippen molar-refractivity contribution in [2.24, 2.45) is 0 Å². The maximum atomic E-state index is 11.3. The van der Waals surface area contributed by atoms with Crippen LogP contribution in [0.4, 0.5) is 5.69 Å². The number of likely N-dealkylation sites (N-methyl/N-ethyl adjacent to an activating group) is 1. The SMILES string of the molecule is Cc1ccc(-n2nc(C#N)c3c2CCN(C)C3)c([N+](=O)[O-])c1. The highest BCUT2D eigenvalue weighted by atomic mass is 16.6. The van der Waals surface area contributed by atoms with Crippen molar-refractivity contribution >= 4 is 5.69 Å². The van der Waals surface area contributed by atoms with E-state index in [1.54, 1.807) is 10.7 Å². The third-order valence-electron chi connectivity index (χ3n) is 3.91. The maximum Gasteiger partial charge on any atom is 0.295 e. The number of rotatable bonds is 2. The van der Waals surface area contributed by atoms with Crippen molar-refractivity contribution in [1.82, 2.24) is 14.7 Å². The van der Waals surface area contributed by atoms with E-state index in [0.29, 0.717) is 24.3 Å². The Kier molecular flexibility index (Phi) is 3.39. The molecule has 1 aromatic carbocycles. The molecule has 0 bridgehead atoms. The van der Waals surface area contributed by atoms with Gasteiger partial charge in [0.25, 0.3) is 5.69 Å². The van der Waals surface area contributed by atoms with Crippen LogP contribution in [0.3, 0.4) is 0 Å². The number of aromatic nitrogens is 2. The molecule has 7 heteroatoms. The molecule has 1 aliphatic rings. The van der Waals surface area contributed by atoms with E-state index in [4.69, 9.17) is 0 Å². The summed E-state index contributed by atoms with van der Waals surface area (Å²) < 4.78 is 1.57. The average Bonchev–Trinajstić information content (AvgIpc) is 2.84. The zero-order valence-corrected chi connectivity index (χ0v) is 12.4. The molecule has 0 fully saturated rings. The molecule has 0 saturated heterocycles. The topological polar surface area (TPSA) is 88.0 Å². The Morgan fingerprint density at radius 1 is 1.45 bits per heavy atom. The minimum atomic E-state index is -0.405. The van der Waals surface area contributed by atoms with Gasteiger partial charge in [0.05, 0.1) is 10.6 Å². The lowest BCUT2D eigenvalue weighted by Gasteiger charge is -2.23. The third-order valence-corrected chi connectivity index (χ3v) is 3.91. The van der Waals surface area contributed by atoms with Gasteiger partial charge < -0.3 is 4.90 Å². The molecule has 0 unspecified atom stereocenters. The molecule has 1 aliphatic heterocycles. The van der Waals surface area contributed by atoms with E-state index >= 15 is 0 Å². The van der Waals surface area contributed by atoms with E-state index in [9.17, 15) is 15.4 Å². The fourth-order valence-corrected chi connectivity index (χ4v) is 2.80. The van der Waals surface area contributed by atoms with Gasteiger partial charge in [-0.1, -0.05) is 6.07 Å². The molecular formula is C15H15N5O2. The molecule has 1 aromatic heterocycles. The molecule has 7 nitrogen and oxygen atoms in total. The molecular weight excluding hydrogens is 282 g/mol. The van der Waals surface area contributed by atoms with Gasteiger partial charge in [-0.25, -0.2) is 4.68 Å². The van der Waals surface area contributed by atoms with Crippen molar-refractivity contribution in [3.8, 4) is 11.8 Å². The van der Waals surface area contributed by atoms with Crippen LogP contribution in [0.15, 0.2) is 18.2 Å². The van der Waals surface area contributed by atoms with Crippen LogP contribution in [0.1, 0.15) is 22.5 Å². The number of nitrogens with zero attached hydrogens (tertiary/aromatic N) is 5. The van der Waals surface area contributed by atoms with Crippen molar-refractivity contribution in [2.75, 3.05) is 13.6 Å². The summed E-state index contributed by atoms with van der Waals surface area (Å²) in [6.45, 7) is 3.28. The number of hydrogen-bond acceptors (Lipinski definition) is 5. The van der Waals surface area contributed by atoms with Crippen LogP contribution in [0.5, 0.6) is 0 Å². The molecule has 0 radical (unpaired) electrons. The molecule has 112 valence electrons. The normalized spacial score (nSPS) is 14.4. The molecule has 2 aromatic rings. The van der Waals surface area contributed by atoms with Crippen LogP contribution in [0, 0.1) is 28.4 Å². The highest BCUT2D eigenvalue weighted by molar-refractivity contribution is 5.56. The molecule has 0 saturated carbocycles. The molecule has 0 N–H and O–H groups in total. The molecule has 0 spiro atoms. The molecule has 0 atom stereocenters. The molecule has 3 rings (SSSR count). The minimum Gasteiger partial charge on any atom is -0.302 e. The Balaban J connectivity index is 2.23. The predicted octanol–water partition coefficient (Wildman–Crippen LogP) is 1.95. The zero-order valence-electron chi connectivity index (χ0n) is 12.4. The summed E-state index contributed by atoms with van der Waals surface area (Å²) >= 11 is 0. The van der Waals surface area contributed by atoms with Gasteiger partial charge in [0.15, 0.2) is 5.69 Å². The van der Waals surface area contributed by atoms with Crippen molar-refractivity contribution < 1.29 is 4.92 Å². The summed E-state index contributed by atoms with van der Waals surface area (Å²) in [5, 5.41) is 24.9. The summed E-state index contributed by atoms with van der Waals surface area (Å²) in [6, 6.07) is 7.14. The van der Waals surface area contributed by atoms with E-state index in [1.165, 1.54) is 6.07 Å². The van der Waals surface area contributed by atoms with Crippen LogP contribution in [-0.4, -0.2) is 33.2 Å². The van der Waals surface area contributed by atoms with Crippen LogP contribution in [0.2, 0.25) is 0 Å². The summed E-state index contributed by atoms with van der Waals surface area (Å²) in [4.78, 5) is 13.0. The fourth-order valence-electron chi connectivity index (χ4n) is 2.80. The van der Waals surface area contributed by atoms with Gasteiger partial charge in [0.1, 0.15) is 11.8 Å². The first-order valence-electron chi connectivity index (χ1n) is 6.96. The Hall–Kier alpha value is -2.72. The second-order valence-corrected chi connectivity index (χ2v) is 5.53. The molecule has 2 heterocycles. The van der Waals surface area contributed by atoms with Crippen molar-refractivity contribution in [3.05, 3.63) is 50.8 Å². The number of aryl methyl sites for hydroxylation is 1. The maximum absolute atomic E-state index is 11.3. The Labute approximate surface area is 127 Å². The lowest BCUT2D eigenvalue weighted by Crippen LogP contribution is -2.27. The van der Waals surface area contributed by atoms with E-state index in [2.05, 4.69) is 16.1 Å². The number of hydrogen-bond donors (Lipinski definition) is 0. The summed E-state index contributed by atoms with van der Waals surface area (Å²) in [5.41, 5.74) is 3.34. The van der Waals surface area contributed by atoms with Crippen molar-refractivity contribution in [2.45, 2.75) is 19.9 Å². The quantitative estimate of drug-likeness (QED) is 0.624. The van der Waals surface area contributed by atoms with Crippen LogP contribution >= 0.6 is 0 Å². The van der Waals surface area contributed by atoms with E-state index < -0.39 is 4.92 Å². The van der Waals surface area contributed by atoms with Gasteiger partial charge in [-0.05, 0) is 25.6 Å². The Morgan fingerprint density at radius 2 is 2.23 bits per heavy atom. The smallest absolute Gasteiger partial charge is 0.295 e. The van der Waals surface area contributed by atoms with Crippen LogP contribution in [-0.2, 0) is 13.0 Å². The second-order valence-electron chi connectivity index (χ2n) is 5.53. The first kappa shape index (κ1) is 14.2. The predicted molar refractivity (Wildman–Crippen MR) is 79.7 cm³/mol. The Morgan fingerprint density at radius 3 is 2.91 bits per heavy atom. The molecule has 0 aliphatic carbocycles. The monoisotopic (exact) mass is 297 g/mol. The standard InChI is InChI=1S/C15H15N5O2/c1-10-3-4-14(15(7-10)20(21)22)19-13-5-6-18(2)9-11(13)12(8-16)17-19/h3-4,7H,5-6,9H2,1-2H3. The van der Waals surface area contributed by atoms with Crippen LogP contribution in [0.25, 0.3) is 5.69 Å². The van der Waals surface area contributed by atoms with Gasteiger partial charge in [-0.15, -0.1) is 0 Å². The number of fused-ring (bicyclic) bond motifs is 1. The first-order valence-corrected chi connectivity index (χ1v) is 6.96. The number of nitro benzene ring substituents is 1. The molecule has 22 heavy (non-hydrogen) atoms. The van der Waals surface area contributed by atoms with Crippen LogP contribution < -0.4 is 0 Å². The second kappa shape index (κ2) is 5.24. The van der Waals surface area contributed by atoms with Crippen molar-refractivity contribution in [3.63, 3.8) is 0 Å². The highest BCUT2D eigenvalue weighted by Crippen LogP contribution is 2.29. The lowest BCUT2D eigenvalue weighted by molar-refractivity contribution is -0.384. The largest absolute Gasteiger partial charge is 0.302 e. The van der Waals surface area contributed by atoms with E-state index in [-0.39, 0.29) is 5.69 Å². The zero-order chi connectivity index (χ0) is 15.9. The average molecular weight is 297 g/mol. The fraction of sp³-hybridized carbons (Fsp3) is 0.333.